The minimum absolute atomic E-state index is 0. The number of nitroso groups, excluding NO2 is 1. The van der Waals surface area contributed by atoms with Gasteiger partial charge in [-0.05, 0) is 0 Å². The molecule has 2 aliphatic heterocycles. The van der Waals surface area contributed by atoms with E-state index in [0.29, 0.717) is 0 Å². The Labute approximate surface area is 236 Å². The van der Waals surface area contributed by atoms with E-state index >= 15 is 0 Å². The van der Waals surface area contributed by atoms with Crippen molar-refractivity contribution in [2.75, 3.05) is 20.3 Å². The molecule has 0 aromatic heterocycles. The van der Waals surface area contributed by atoms with Crippen LogP contribution in [0.25, 0.3) is 0 Å². The van der Waals surface area contributed by atoms with Gasteiger partial charge in [-0.3, -0.25) is 0 Å². The number of hydrogen-bond donors (Lipinski definition) is 11. The molecule has 2 rings (SSSR count). The Morgan fingerprint density at radius 2 is 1.29 bits per heavy atom. The number of ether oxygens (including phenoxy) is 2. The summed E-state index contributed by atoms with van der Waals surface area (Å²) in [4.78, 5) is 10.4. The van der Waals surface area contributed by atoms with Crippen molar-refractivity contribution in [1.29, 1.82) is 5.59 Å². The largest absolute Gasteiger partial charge is 1.00 e. The summed E-state index contributed by atoms with van der Waals surface area (Å²) >= 11 is 0. The third-order valence-electron chi connectivity index (χ3n) is 4.09. The summed E-state index contributed by atoms with van der Waals surface area (Å²) in [5.41, 5.74) is 1.76. The molecule has 19 nitrogen and oxygen atoms in total. The summed E-state index contributed by atoms with van der Waals surface area (Å²) in [6.45, 7) is -1.22. The molecule has 0 aliphatic carbocycles. The molecule has 11 N–H and O–H groups in total. The van der Waals surface area contributed by atoms with Crippen molar-refractivity contribution < 1.29 is 135 Å². The first-order valence-corrected chi connectivity index (χ1v) is 8.39. The average molecular weight is 527 g/mol. The first-order chi connectivity index (χ1) is 15.0. The standard InChI is InChI=1S/C6H12N2O8.C6H12O6.CH3O.HNO.2Na/c9-1-2-3(10)4(11)6(13,5(12)15-2)7-8-16-14;7-1-2-3(8)4(9)5(10)6(11)12-2;2*1-2;;/h2-5,9-14H,1H2;2-11H,1H2;1H3;1H;;/q;;-1;;2*+1/p-1/t2*2?,3-,4+,5?,6?;;;;/m11..../s1. The van der Waals surface area contributed by atoms with E-state index in [-0.39, 0.29) is 59.1 Å². The third kappa shape index (κ3) is 11.2. The number of nitrogens with zero attached hydrogens (tertiary/aromatic N) is 2. The molecule has 21 heteroatoms. The number of aliphatic hydroxyl groups is 10. The maximum Gasteiger partial charge on any atom is 1.00 e. The van der Waals surface area contributed by atoms with Gasteiger partial charge in [-0.2, -0.15) is 12.0 Å². The molecule has 0 aromatic rings. The van der Waals surface area contributed by atoms with Gasteiger partial charge < -0.3 is 75.9 Å². The predicted molar refractivity (Wildman–Crippen MR) is 88.9 cm³/mol. The quantitative estimate of drug-likeness (QED) is 0.0531. The number of rotatable bonds is 4. The third-order valence-corrected chi connectivity index (χ3v) is 4.09. The van der Waals surface area contributed by atoms with E-state index in [4.69, 9.17) is 40.7 Å². The van der Waals surface area contributed by atoms with Crippen molar-refractivity contribution in [2.24, 2.45) is 10.4 Å². The minimum atomic E-state index is -2.74. The van der Waals surface area contributed by atoms with Crippen LogP contribution in [0.2, 0.25) is 0 Å². The molecule has 34 heavy (non-hydrogen) atoms. The fourth-order valence-corrected chi connectivity index (χ4v) is 2.37. The van der Waals surface area contributed by atoms with E-state index in [1.54, 1.807) is 0 Å². The summed E-state index contributed by atoms with van der Waals surface area (Å²) < 4.78 is 9.14. The fourth-order valence-electron chi connectivity index (χ4n) is 2.37. The zero-order valence-electron chi connectivity index (χ0n) is 18.4. The van der Waals surface area contributed by atoms with Crippen LogP contribution in [-0.2, 0) is 14.5 Å². The SMILES string of the molecule is C[O-].N=O.OCC1OC(O)C(O)[C@@H](O)[C@@H]1O.[Na+].[Na+].[O-]ON=NC1(O)C(O)OC(CO)[C@@H](O)[C@@H]1O. The first-order valence-electron chi connectivity index (χ1n) is 8.39. The normalized spacial score (nSPS) is 38.8. The molecule has 2 fully saturated rings. The molecule has 0 amide bonds. The van der Waals surface area contributed by atoms with E-state index in [0.717, 1.165) is 7.11 Å². The van der Waals surface area contributed by atoms with Gasteiger partial charge in [-0.15, -0.1) is 5.11 Å². The van der Waals surface area contributed by atoms with Crippen LogP contribution in [-0.4, -0.2) is 132 Å². The van der Waals surface area contributed by atoms with Gasteiger partial charge in [-0.25, -0.2) is 0 Å². The topological polar surface area (TPSA) is 342 Å². The molecule has 2 saturated heterocycles. The number of aliphatic hydroxyl groups excluding tert-OH is 9. The smallest absolute Gasteiger partial charge is 0.857 e. The van der Waals surface area contributed by atoms with Gasteiger partial charge in [0.25, 0.3) is 5.72 Å². The van der Waals surface area contributed by atoms with E-state index in [1.807, 2.05) is 0 Å². The van der Waals surface area contributed by atoms with Gasteiger partial charge in [0.05, 0.1) is 13.2 Å². The summed E-state index contributed by atoms with van der Waals surface area (Å²) in [6.07, 6.45) is -14.1. The molecular weight excluding hydrogens is 500 g/mol. The van der Waals surface area contributed by atoms with Gasteiger partial charge in [0, 0.05) is 5.28 Å². The van der Waals surface area contributed by atoms with Crippen LogP contribution in [0, 0.1) is 10.5 Å². The van der Waals surface area contributed by atoms with Crippen molar-refractivity contribution in [3.63, 3.8) is 0 Å². The van der Waals surface area contributed by atoms with Crippen molar-refractivity contribution in [2.45, 2.75) is 61.0 Å². The van der Waals surface area contributed by atoms with E-state index in [1.165, 1.54) is 0 Å². The molecule has 0 aromatic carbocycles. The fraction of sp³-hybridized carbons (Fsp3) is 1.00. The summed E-state index contributed by atoms with van der Waals surface area (Å²) in [7, 11) is 0.750. The Kier molecular flexibility index (Phi) is 26.3. The zero-order chi connectivity index (χ0) is 25.6. The van der Waals surface area contributed by atoms with Crippen LogP contribution < -0.4 is 69.5 Å². The number of hydrogen-bond acceptors (Lipinski definition) is 19. The van der Waals surface area contributed by atoms with E-state index in [9.17, 15) is 25.7 Å². The first kappa shape index (κ1) is 41.6. The van der Waals surface area contributed by atoms with Gasteiger partial charge in [0.1, 0.15) is 42.7 Å². The Hall–Kier alpha value is 0.440. The molecule has 192 valence electrons. The molecule has 0 radical (unpaired) electrons. The van der Waals surface area contributed by atoms with E-state index in [2.05, 4.69) is 30.4 Å². The second-order valence-corrected chi connectivity index (χ2v) is 5.90. The van der Waals surface area contributed by atoms with Crippen LogP contribution in [0.4, 0.5) is 0 Å². The maximum absolute atomic E-state index is 9.58. The Balaban J connectivity index is -0.000000225. The monoisotopic (exact) mass is 527 g/mol. The van der Waals surface area contributed by atoms with Gasteiger partial charge in [0.2, 0.25) is 6.29 Å². The Morgan fingerprint density at radius 3 is 1.71 bits per heavy atom. The van der Waals surface area contributed by atoms with Crippen LogP contribution in [0.3, 0.4) is 0 Å². The van der Waals surface area contributed by atoms with Crippen molar-refractivity contribution >= 4 is 0 Å². The van der Waals surface area contributed by atoms with Crippen LogP contribution in [0.5, 0.6) is 0 Å². The van der Waals surface area contributed by atoms with E-state index < -0.39 is 74.2 Å². The van der Waals surface area contributed by atoms with Crippen molar-refractivity contribution in [3.8, 4) is 0 Å². The molecule has 6 unspecified atom stereocenters. The molecule has 0 saturated carbocycles. The maximum atomic E-state index is 9.58. The Bertz CT molecular complexity index is 526. The zero-order valence-corrected chi connectivity index (χ0v) is 22.4. The molecule has 0 spiro atoms. The van der Waals surface area contributed by atoms with Gasteiger partial charge in [0.15, 0.2) is 6.29 Å². The van der Waals surface area contributed by atoms with Crippen LogP contribution in [0.15, 0.2) is 10.4 Å². The molecule has 2 heterocycles. The summed E-state index contributed by atoms with van der Waals surface area (Å²) in [5, 5.41) is 114. The summed E-state index contributed by atoms with van der Waals surface area (Å²) in [6, 6.07) is 0. The van der Waals surface area contributed by atoms with Crippen LogP contribution >= 0.6 is 0 Å². The Morgan fingerprint density at radius 1 is 0.853 bits per heavy atom. The van der Waals surface area contributed by atoms with Gasteiger partial charge in [-0.1, -0.05) is 5.59 Å². The van der Waals surface area contributed by atoms with Crippen molar-refractivity contribution in [3.05, 3.63) is 4.91 Å². The van der Waals surface area contributed by atoms with Crippen LogP contribution in [0.1, 0.15) is 0 Å². The molecule has 2 aliphatic rings. The predicted octanol–water partition coefficient (Wildman–Crippen LogP) is -14.1. The summed E-state index contributed by atoms with van der Waals surface area (Å²) in [5.74, 6) is 0. The second kappa shape index (κ2) is 21.5. The van der Waals surface area contributed by atoms with Gasteiger partial charge >= 0.3 is 59.1 Å². The molecular formula is C13H27N3Na2O16. The number of nitrogens with one attached hydrogen (secondary N) is 1. The minimum Gasteiger partial charge on any atom is -0.857 e. The molecule has 0 bridgehead atoms. The van der Waals surface area contributed by atoms with Crippen molar-refractivity contribution in [1.82, 2.24) is 0 Å². The average Bonchev–Trinajstić information content (AvgIpc) is 2.82. The second-order valence-electron chi connectivity index (χ2n) is 5.90. The molecule has 10 atom stereocenters.